The summed E-state index contributed by atoms with van der Waals surface area (Å²) in [7, 11) is 0. The van der Waals surface area contributed by atoms with Gasteiger partial charge in [0, 0.05) is 44.2 Å². The Labute approximate surface area is 159 Å². The largest absolute Gasteiger partial charge is 0.378 e. The van der Waals surface area contributed by atoms with E-state index in [2.05, 4.69) is 10.2 Å². The number of ether oxygens (including phenoxy) is 2. The highest BCUT2D eigenvalue weighted by molar-refractivity contribution is 5.90. The number of carbonyl (C=O) groups excluding carboxylic acids is 1. The van der Waals surface area contributed by atoms with Crippen molar-refractivity contribution in [3.8, 4) is 0 Å². The number of nitrogens with one attached hydrogen (secondary N) is 1. The zero-order valence-corrected chi connectivity index (χ0v) is 15.7. The predicted octanol–water partition coefficient (Wildman–Crippen LogP) is 3.09. The maximum atomic E-state index is 14.1. The van der Waals surface area contributed by atoms with Crippen LogP contribution in [0.5, 0.6) is 0 Å². The molecule has 3 saturated heterocycles. The minimum atomic E-state index is -0.341. The standard InChI is InChI=1S/C20H28FN3O3/c21-16-12-17(14-18(13-16)23-7-10-26-11-8-23)22-20(25)24-5-3-15(4-6-24)19-2-1-9-27-19/h12-15,19H,1-11H2,(H,22,25). The molecule has 148 valence electrons. The van der Waals surface area contributed by atoms with E-state index in [0.29, 0.717) is 30.9 Å². The number of benzene rings is 1. The maximum Gasteiger partial charge on any atom is 0.321 e. The highest BCUT2D eigenvalue weighted by Crippen LogP contribution is 2.29. The van der Waals surface area contributed by atoms with Crippen LogP contribution in [0.2, 0.25) is 0 Å². The quantitative estimate of drug-likeness (QED) is 0.880. The van der Waals surface area contributed by atoms with Crippen LogP contribution in [0.15, 0.2) is 18.2 Å². The van der Waals surface area contributed by atoms with Gasteiger partial charge in [-0.3, -0.25) is 0 Å². The number of urea groups is 1. The lowest BCUT2D eigenvalue weighted by Crippen LogP contribution is -2.43. The molecule has 27 heavy (non-hydrogen) atoms. The number of carbonyl (C=O) groups is 1. The first-order chi connectivity index (χ1) is 13.2. The zero-order chi connectivity index (χ0) is 18.6. The second-order valence-corrected chi connectivity index (χ2v) is 7.60. The van der Waals surface area contributed by atoms with Crippen molar-refractivity contribution in [2.24, 2.45) is 5.92 Å². The molecule has 0 spiro atoms. The fraction of sp³-hybridized carbons (Fsp3) is 0.650. The van der Waals surface area contributed by atoms with Crippen LogP contribution < -0.4 is 10.2 Å². The van der Waals surface area contributed by atoms with Gasteiger partial charge in [0.2, 0.25) is 0 Å². The van der Waals surface area contributed by atoms with Gasteiger partial charge < -0.3 is 24.6 Å². The van der Waals surface area contributed by atoms with Crippen molar-refractivity contribution in [1.29, 1.82) is 0 Å². The molecule has 1 atom stereocenters. The molecule has 6 nitrogen and oxygen atoms in total. The van der Waals surface area contributed by atoms with Crippen molar-refractivity contribution in [2.75, 3.05) is 56.2 Å². The number of halogens is 1. The molecule has 0 radical (unpaired) electrons. The van der Waals surface area contributed by atoms with E-state index in [0.717, 1.165) is 64.2 Å². The Bertz CT molecular complexity index is 652. The van der Waals surface area contributed by atoms with E-state index in [4.69, 9.17) is 9.47 Å². The zero-order valence-electron chi connectivity index (χ0n) is 15.7. The summed E-state index contributed by atoms with van der Waals surface area (Å²) in [5.41, 5.74) is 1.29. The summed E-state index contributed by atoms with van der Waals surface area (Å²) in [6.07, 6.45) is 4.61. The van der Waals surface area contributed by atoms with E-state index in [9.17, 15) is 9.18 Å². The second kappa shape index (κ2) is 8.44. The van der Waals surface area contributed by atoms with Crippen LogP contribution >= 0.6 is 0 Å². The Morgan fingerprint density at radius 1 is 1.04 bits per heavy atom. The van der Waals surface area contributed by atoms with Crippen LogP contribution in [-0.4, -0.2) is 63.0 Å². The number of likely N-dealkylation sites (tertiary alicyclic amines) is 1. The summed E-state index contributed by atoms with van der Waals surface area (Å²) in [5, 5.41) is 2.87. The summed E-state index contributed by atoms with van der Waals surface area (Å²) < 4.78 is 25.2. The first kappa shape index (κ1) is 18.5. The van der Waals surface area contributed by atoms with E-state index in [1.54, 1.807) is 0 Å². The number of amides is 2. The van der Waals surface area contributed by atoms with Gasteiger partial charge >= 0.3 is 6.03 Å². The Morgan fingerprint density at radius 2 is 1.81 bits per heavy atom. The van der Waals surface area contributed by atoms with Crippen LogP contribution in [0.4, 0.5) is 20.6 Å². The highest BCUT2D eigenvalue weighted by Gasteiger charge is 2.31. The average Bonchev–Trinajstić information content (AvgIpc) is 3.23. The predicted molar refractivity (Wildman–Crippen MR) is 102 cm³/mol. The summed E-state index contributed by atoms with van der Waals surface area (Å²) in [6, 6.07) is 4.57. The van der Waals surface area contributed by atoms with E-state index >= 15 is 0 Å². The van der Waals surface area contributed by atoms with Crippen molar-refractivity contribution in [3.63, 3.8) is 0 Å². The molecule has 3 fully saturated rings. The fourth-order valence-electron chi connectivity index (χ4n) is 4.30. The lowest BCUT2D eigenvalue weighted by molar-refractivity contribution is 0.0382. The van der Waals surface area contributed by atoms with Gasteiger partial charge in [0.25, 0.3) is 0 Å². The van der Waals surface area contributed by atoms with Gasteiger partial charge in [-0.25, -0.2) is 9.18 Å². The minimum Gasteiger partial charge on any atom is -0.378 e. The van der Waals surface area contributed by atoms with Gasteiger partial charge in [0.1, 0.15) is 5.82 Å². The monoisotopic (exact) mass is 377 g/mol. The lowest BCUT2D eigenvalue weighted by atomic mass is 9.90. The number of morpholine rings is 1. The molecule has 0 saturated carbocycles. The highest BCUT2D eigenvalue weighted by atomic mass is 19.1. The van der Waals surface area contributed by atoms with Crippen LogP contribution in [0.25, 0.3) is 0 Å². The molecule has 1 aromatic rings. The van der Waals surface area contributed by atoms with Crippen molar-refractivity contribution in [3.05, 3.63) is 24.0 Å². The number of piperidine rings is 1. The van der Waals surface area contributed by atoms with Crippen molar-refractivity contribution in [1.82, 2.24) is 4.90 Å². The summed E-state index contributed by atoms with van der Waals surface area (Å²) in [4.78, 5) is 16.5. The first-order valence-corrected chi connectivity index (χ1v) is 10.00. The average molecular weight is 377 g/mol. The normalized spacial score (nSPS) is 24.3. The molecule has 0 bridgehead atoms. The van der Waals surface area contributed by atoms with Crippen LogP contribution in [0.3, 0.4) is 0 Å². The Hall–Kier alpha value is -1.86. The summed E-state index contributed by atoms with van der Waals surface area (Å²) in [5.74, 6) is 0.213. The van der Waals surface area contributed by atoms with Crippen molar-refractivity contribution in [2.45, 2.75) is 31.8 Å². The molecule has 0 aliphatic carbocycles. The minimum absolute atomic E-state index is 0.153. The third-order valence-electron chi connectivity index (χ3n) is 5.83. The molecule has 3 aliphatic heterocycles. The molecule has 1 N–H and O–H groups in total. The molecule has 3 heterocycles. The topological polar surface area (TPSA) is 54.0 Å². The Kier molecular flexibility index (Phi) is 5.78. The Balaban J connectivity index is 1.34. The molecular weight excluding hydrogens is 349 g/mol. The van der Waals surface area contributed by atoms with Crippen molar-refractivity contribution >= 4 is 17.4 Å². The van der Waals surface area contributed by atoms with Gasteiger partial charge in [0.15, 0.2) is 0 Å². The number of rotatable bonds is 3. The molecule has 1 aromatic carbocycles. The molecule has 0 aromatic heterocycles. The number of nitrogens with zero attached hydrogens (tertiary/aromatic N) is 2. The first-order valence-electron chi connectivity index (χ1n) is 10.00. The third kappa shape index (κ3) is 4.52. The maximum absolute atomic E-state index is 14.1. The summed E-state index contributed by atoms with van der Waals surface area (Å²) >= 11 is 0. The smallest absolute Gasteiger partial charge is 0.321 e. The fourth-order valence-corrected chi connectivity index (χ4v) is 4.30. The third-order valence-corrected chi connectivity index (χ3v) is 5.83. The van der Waals surface area contributed by atoms with Crippen LogP contribution in [-0.2, 0) is 9.47 Å². The summed E-state index contributed by atoms with van der Waals surface area (Å²) in [6.45, 7) is 5.05. The van der Waals surface area contributed by atoms with Gasteiger partial charge in [0.05, 0.1) is 19.3 Å². The SMILES string of the molecule is O=C(Nc1cc(F)cc(N2CCOCC2)c1)N1CCC(C2CCCO2)CC1. The number of hydrogen-bond acceptors (Lipinski definition) is 4. The van der Waals surface area contributed by atoms with Crippen LogP contribution in [0.1, 0.15) is 25.7 Å². The van der Waals surface area contributed by atoms with E-state index in [1.165, 1.54) is 12.1 Å². The van der Waals surface area contributed by atoms with Gasteiger partial charge in [-0.15, -0.1) is 0 Å². The molecule has 7 heteroatoms. The molecule has 1 unspecified atom stereocenters. The van der Waals surface area contributed by atoms with E-state index < -0.39 is 0 Å². The molecule has 3 aliphatic rings. The van der Waals surface area contributed by atoms with E-state index in [-0.39, 0.29) is 11.8 Å². The second-order valence-electron chi connectivity index (χ2n) is 7.60. The Morgan fingerprint density at radius 3 is 2.52 bits per heavy atom. The molecular formula is C20H28FN3O3. The molecule has 2 amide bonds. The number of hydrogen-bond donors (Lipinski definition) is 1. The lowest BCUT2D eigenvalue weighted by Gasteiger charge is -2.34. The number of anilines is 2. The van der Waals surface area contributed by atoms with Gasteiger partial charge in [-0.05, 0) is 49.8 Å². The van der Waals surface area contributed by atoms with Crippen LogP contribution in [0, 0.1) is 11.7 Å². The molecule has 4 rings (SSSR count). The van der Waals surface area contributed by atoms with E-state index in [1.807, 2.05) is 11.0 Å². The van der Waals surface area contributed by atoms with Gasteiger partial charge in [-0.1, -0.05) is 0 Å². The van der Waals surface area contributed by atoms with Crippen molar-refractivity contribution < 1.29 is 18.7 Å². The van der Waals surface area contributed by atoms with Gasteiger partial charge in [-0.2, -0.15) is 0 Å².